The Morgan fingerprint density at radius 1 is 1.50 bits per heavy atom. The third-order valence-electron chi connectivity index (χ3n) is 2.00. The SMILES string of the molecule is COC(=O)c1nnc(N)cc1N(C)CC(F)(F)F. The van der Waals surface area contributed by atoms with E-state index in [1.165, 1.54) is 0 Å². The quantitative estimate of drug-likeness (QED) is 0.815. The van der Waals surface area contributed by atoms with Crippen LogP contribution in [0.4, 0.5) is 24.7 Å². The van der Waals surface area contributed by atoms with Crippen LogP contribution in [0.5, 0.6) is 0 Å². The molecule has 0 saturated carbocycles. The van der Waals surface area contributed by atoms with Crippen molar-refractivity contribution in [2.45, 2.75) is 6.18 Å². The fourth-order valence-corrected chi connectivity index (χ4v) is 1.28. The van der Waals surface area contributed by atoms with E-state index in [0.29, 0.717) is 0 Å². The Balaban J connectivity index is 3.12. The summed E-state index contributed by atoms with van der Waals surface area (Å²) in [6.45, 7) is -1.25. The van der Waals surface area contributed by atoms with Gasteiger partial charge >= 0.3 is 12.1 Å². The first kappa shape index (κ1) is 14.0. The van der Waals surface area contributed by atoms with Crippen LogP contribution in [0.3, 0.4) is 0 Å². The maximum Gasteiger partial charge on any atom is 0.405 e. The second-order valence-corrected chi connectivity index (χ2v) is 3.47. The fourth-order valence-electron chi connectivity index (χ4n) is 1.28. The van der Waals surface area contributed by atoms with E-state index >= 15 is 0 Å². The predicted octanol–water partition coefficient (Wildman–Crippen LogP) is 0.844. The van der Waals surface area contributed by atoms with Gasteiger partial charge in [-0.1, -0.05) is 0 Å². The van der Waals surface area contributed by atoms with Gasteiger partial charge in [0.05, 0.1) is 12.8 Å². The van der Waals surface area contributed by atoms with Crippen molar-refractivity contribution < 1.29 is 22.7 Å². The summed E-state index contributed by atoms with van der Waals surface area (Å²) >= 11 is 0. The van der Waals surface area contributed by atoms with Crippen molar-refractivity contribution in [3.63, 3.8) is 0 Å². The number of nitrogens with two attached hydrogens (primary N) is 1. The van der Waals surface area contributed by atoms with Crippen LogP contribution in [-0.2, 0) is 4.74 Å². The molecule has 0 aliphatic rings. The summed E-state index contributed by atoms with van der Waals surface area (Å²) in [4.78, 5) is 12.1. The summed E-state index contributed by atoms with van der Waals surface area (Å²) in [5.41, 5.74) is 4.93. The Morgan fingerprint density at radius 2 is 2.11 bits per heavy atom. The van der Waals surface area contributed by atoms with Crippen molar-refractivity contribution in [1.29, 1.82) is 0 Å². The van der Waals surface area contributed by atoms with Crippen molar-refractivity contribution in [3.05, 3.63) is 11.8 Å². The van der Waals surface area contributed by atoms with Crippen LogP contribution in [0, 0.1) is 0 Å². The molecule has 1 aromatic rings. The van der Waals surface area contributed by atoms with Crippen LogP contribution in [0.25, 0.3) is 0 Å². The number of hydrogen-bond acceptors (Lipinski definition) is 6. The molecular formula is C9H11F3N4O2. The normalized spacial score (nSPS) is 11.2. The zero-order chi connectivity index (χ0) is 13.9. The third-order valence-corrected chi connectivity index (χ3v) is 2.00. The van der Waals surface area contributed by atoms with E-state index in [-0.39, 0.29) is 17.2 Å². The number of rotatable bonds is 3. The van der Waals surface area contributed by atoms with Crippen LogP contribution in [-0.4, -0.2) is 43.0 Å². The van der Waals surface area contributed by atoms with Crippen LogP contribution >= 0.6 is 0 Å². The van der Waals surface area contributed by atoms with Gasteiger partial charge in [0.2, 0.25) is 0 Å². The van der Waals surface area contributed by atoms with E-state index in [0.717, 1.165) is 25.1 Å². The molecule has 0 aromatic carbocycles. The monoisotopic (exact) mass is 264 g/mol. The molecule has 9 heteroatoms. The van der Waals surface area contributed by atoms with Gasteiger partial charge in [-0.05, 0) is 0 Å². The zero-order valence-electron chi connectivity index (χ0n) is 9.65. The number of carbonyl (C=O) groups is 1. The van der Waals surface area contributed by atoms with Crippen LogP contribution in [0.15, 0.2) is 6.07 Å². The molecule has 0 unspecified atom stereocenters. The minimum atomic E-state index is -4.42. The number of nitrogens with zero attached hydrogens (tertiary/aromatic N) is 3. The lowest BCUT2D eigenvalue weighted by atomic mass is 10.3. The molecule has 2 N–H and O–H groups in total. The molecular weight excluding hydrogens is 253 g/mol. The molecule has 100 valence electrons. The zero-order valence-corrected chi connectivity index (χ0v) is 9.65. The van der Waals surface area contributed by atoms with Gasteiger partial charge in [0, 0.05) is 13.1 Å². The lowest BCUT2D eigenvalue weighted by Crippen LogP contribution is -2.32. The average molecular weight is 264 g/mol. The molecule has 0 spiro atoms. The minimum absolute atomic E-state index is 0.0910. The first-order chi connectivity index (χ1) is 8.24. The Morgan fingerprint density at radius 3 is 2.61 bits per heavy atom. The molecule has 1 heterocycles. The molecule has 0 amide bonds. The number of ether oxygens (including phenoxy) is 1. The van der Waals surface area contributed by atoms with Gasteiger partial charge in [-0.3, -0.25) is 0 Å². The second kappa shape index (κ2) is 5.07. The maximum absolute atomic E-state index is 12.3. The van der Waals surface area contributed by atoms with Crippen LogP contribution < -0.4 is 10.6 Å². The van der Waals surface area contributed by atoms with Crippen molar-refractivity contribution in [1.82, 2.24) is 10.2 Å². The summed E-state index contributed by atoms with van der Waals surface area (Å²) in [5.74, 6) is -0.974. The fraction of sp³-hybridized carbons (Fsp3) is 0.444. The van der Waals surface area contributed by atoms with Gasteiger partial charge in [0.15, 0.2) is 5.69 Å². The topological polar surface area (TPSA) is 81.3 Å². The molecule has 0 fully saturated rings. The number of hydrogen-bond donors (Lipinski definition) is 1. The van der Waals surface area contributed by atoms with Crippen molar-refractivity contribution >= 4 is 17.5 Å². The summed E-state index contributed by atoms with van der Waals surface area (Å²) in [6.07, 6.45) is -4.42. The van der Waals surface area contributed by atoms with Gasteiger partial charge in [-0.25, -0.2) is 4.79 Å². The maximum atomic E-state index is 12.3. The van der Waals surface area contributed by atoms with Crippen molar-refractivity contribution in [3.8, 4) is 0 Å². The highest BCUT2D eigenvalue weighted by Crippen LogP contribution is 2.24. The number of esters is 1. The first-order valence-electron chi connectivity index (χ1n) is 4.74. The van der Waals surface area contributed by atoms with Gasteiger partial charge in [0.25, 0.3) is 0 Å². The van der Waals surface area contributed by atoms with Gasteiger partial charge < -0.3 is 15.4 Å². The molecule has 0 aliphatic heterocycles. The molecule has 0 saturated heterocycles. The largest absolute Gasteiger partial charge is 0.464 e. The average Bonchev–Trinajstić information content (AvgIpc) is 2.25. The predicted molar refractivity (Wildman–Crippen MR) is 57.1 cm³/mol. The van der Waals surface area contributed by atoms with E-state index in [1.807, 2.05) is 0 Å². The highest BCUT2D eigenvalue weighted by molar-refractivity contribution is 5.93. The van der Waals surface area contributed by atoms with Gasteiger partial charge in [-0.15, -0.1) is 10.2 Å². The molecule has 1 aromatic heterocycles. The minimum Gasteiger partial charge on any atom is -0.464 e. The van der Waals surface area contributed by atoms with E-state index in [1.54, 1.807) is 0 Å². The number of nitrogen functional groups attached to an aromatic ring is 1. The lowest BCUT2D eigenvalue weighted by Gasteiger charge is -2.22. The Labute approximate surface area is 101 Å². The summed E-state index contributed by atoms with van der Waals surface area (Å²) in [6, 6.07) is 1.13. The lowest BCUT2D eigenvalue weighted by molar-refractivity contribution is -0.119. The summed E-state index contributed by atoms with van der Waals surface area (Å²) in [7, 11) is 2.25. The van der Waals surface area contributed by atoms with E-state index in [4.69, 9.17) is 5.73 Å². The van der Waals surface area contributed by atoms with E-state index < -0.39 is 18.7 Å². The number of carbonyl (C=O) groups excluding carboxylic acids is 1. The standard InChI is InChI=1S/C9H11F3N4O2/c1-16(4-9(10,11)12)5-3-6(13)14-15-7(5)8(17)18-2/h3H,4H2,1-2H3,(H2,13,14). The third kappa shape index (κ3) is 3.47. The van der Waals surface area contributed by atoms with Crippen molar-refractivity contribution in [2.75, 3.05) is 31.3 Å². The summed E-state index contributed by atoms with van der Waals surface area (Å²) < 4.78 is 41.3. The Kier molecular flexibility index (Phi) is 3.94. The van der Waals surface area contributed by atoms with Crippen molar-refractivity contribution in [2.24, 2.45) is 0 Å². The van der Waals surface area contributed by atoms with Gasteiger partial charge in [0.1, 0.15) is 12.4 Å². The Bertz CT molecular complexity index is 450. The highest BCUT2D eigenvalue weighted by atomic mass is 19.4. The molecule has 1 rings (SSSR count). The molecule has 0 bridgehead atoms. The molecule has 0 atom stereocenters. The number of halogens is 3. The van der Waals surface area contributed by atoms with E-state index in [9.17, 15) is 18.0 Å². The molecule has 0 radical (unpaired) electrons. The number of methoxy groups -OCH3 is 1. The number of aromatic nitrogens is 2. The molecule has 0 aliphatic carbocycles. The molecule has 18 heavy (non-hydrogen) atoms. The van der Waals surface area contributed by atoms with E-state index in [2.05, 4.69) is 14.9 Å². The second-order valence-electron chi connectivity index (χ2n) is 3.47. The molecule has 6 nitrogen and oxygen atoms in total. The highest BCUT2D eigenvalue weighted by Gasteiger charge is 2.31. The summed E-state index contributed by atoms with van der Waals surface area (Å²) in [5, 5.41) is 6.85. The first-order valence-corrected chi connectivity index (χ1v) is 4.74. The number of alkyl halides is 3. The number of anilines is 2. The Hall–Kier alpha value is -2.06. The smallest absolute Gasteiger partial charge is 0.405 e. The van der Waals surface area contributed by atoms with Crippen LogP contribution in [0.2, 0.25) is 0 Å². The van der Waals surface area contributed by atoms with Crippen LogP contribution in [0.1, 0.15) is 10.5 Å². The van der Waals surface area contributed by atoms with Gasteiger partial charge in [-0.2, -0.15) is 13.2 Å².